The summed E-state index contributed by atoms with van der Waals surface area (Å²) in [6.07, 6.45) is 0. The van der Waals surface area contributed by atoms with E-state index in [-0.39, 0.29) is 10.3 Å². The molecule has 4 aromatic carbocycles. The minimum atomic E-state index is -0.323. The van der Waals surface area contributed by atoms with Gasteiger partial charge in [-0.15, -0.1) is 0 Å². The Morgan fingerprint density at radius 2 is 1.21 bits per heavy atom. The van der Waals surface area contributed by atoms with Gasteiger partial charge in [0, 0.05) is 10.9 Å². The summed E-state index contributed by atoms with van der Waals surface area (Å²) in [4.78, 5) is 19.6. The fourth-order valence-electron chi connectivity index (χ4n) is 5.37. The third kappa shape index (κ3) is 4.29. The van der Waals surface area contributed by atoms with Crippen molar-refractivity contribution in [1.29, 1.82) is 0 Å². The van der Waals surface area contributed by atoms with Gasteiger partial charge in [0.1, 0.15) is 17.2 Å². The molecule has 3 aromatic heterocycles. The predicted octanol–water partition coefficient (Wildman–Crippen LogP) is 6.93. The van der Waals surface area contributed by atoms with Crippen molar-refractivity contribution in [3.05, 3.63) is 130 Å². The molecule has 210 valence electrons. The maximum absolute atomic E-state index is 14.5. The van der Waals surface area contributed by atoms with Crippen LogP contribution in [0.25, 0.3) is 50.4 Å². The minimum Gasteiger partial charge on any atom is -0.495 e. The average molecular weight is 584 g/mol. The second-order valence-corrected chi connectivity index (χ2v) is 10.2. The van der Waals surface area contributed by atoms with Crippen molar-refractivity contribution in [2.75, 3.05) is 14.2 Å². The number of rotatable bonds is 6. The summed E-state index contributed by atoms with van der Waals surface area (Å²) < 4.78 is 16.7. The van der Waals surface area contributed by atoms with Gasteiger partial charge in [0.25, 0.3) is 5.56 Å². The SMILES string of the molecule is COc1ccccc1-n1c(=O)c2cc3c(-c4ccccc4)nn(-c4ccccc4)c3nc2n(-c2ccccc2OC)c1=S. The zero-order valence-corrected chi connectivity index (χ0v) is 24.2. The molecular formula is C34H25N5O3S. The number of pyridine rings is 1. The van der Waals surface area contributed by atoms with Crippen molar-refractivity contribution in [3.8, 4) is 39.8 Å². The van der Waals surface area contributed by atoms with Crippen LogP contribution in [0.4, 0.5) is 0 Å². The molecule has 0 N–H and O–H groups in total. The molecule has 0 unspecified atom stereocenters. The van der Waals surface area contributed by atoms with Crippen LogP contribution in [-0.4, -0.2) is 38.1 Å². The van der Waals surface area contributed by atoms with Crippen molar-refractivity contribution >= 4 is 34.3 Å². The topological polar surface area (TPSA) is 76.1 Å². The molecule has 43 heavy (non-hydrogen) atoms. The van der Waals surface area contributed by atoms with E-state index in [1.54, 1.807) is 29.5 Å². The number of ether oxygens (including phenoxy) is 2. The Morgan fingerprint density at radius 1 is 0.651 bits per heavy atom. The first-order valence-electron chi connectivity index (χ1n) is 13.6. The lowest BCUT2D eigenvalue weighted by molar-refractivity contribution is 0.411. The highest BCUT2D eigenvalue weighted by molar-refractivity contribution is 7.71. The number of para-hydroxylation sites is 5. The first-order chi connectivity index (χ1) is 21.1. The average Bonchev–Trinajstić information content (AvgIpc) is 3.44. The molecule has 8 nitrogen and oxygen atoms in total. The van der Waals surface area contributed by atoms with Gasteiger partial charge in [-0.1, -0.05) is 72.8 Å². The Hall–Kier alpha value is -5.54. The summed E-state index contributed by atoms with van der Waals surface area (Å²) in [5, 5.41) is 6.11. The Balaban J connectivity index is 1.69. The van der Waals surface area contributed by atoms with Gasteiger partial charge in [0.15, 0.2) is 16.1 Å². The maximum Gasteiger partial charge on any atom is 0.268 e. The fraction of sp³-hybridized carbons (Fsp3) is 0.0588. The van der Waals surface area contributed by atoms with Gasteiger partial charge in [-0.2, -0.15) is 5.10 Å². The van der Waals surface area contributed by atoms with Crippen LogP contribution in [0.2, 0.25) is 0 Å². The summed E-state index contributed by atoms with van der Waals surface area (Å²) >= 11 is 6.07. The molecule has 0 bridgehead atoms. The van der Waals surface area contributed by atoms with Crippen LogP contribution in [0.5, 0.6) is 11.5 Å². The Labute approximate surface area is 251 Å². The van der Waals surface area contributed by atoms with Gasteiger partial charge in [0.05, 0.1) is 36.7 Å². The number of fused-ring (bicyclic) bond motifs is 2. The summed E-state index contributed by atoms with van der Waals surface area (Å²) in [7, 11) is 3.17. The Bertz CT molecular complexity index is 2260. The van der Waals surface area contributed by atoms with Crippen LogP contribution in [0.15, 0.2) is 120 Å². The highest BCUT2D eigenvalue weighted by atomic mass is 32.1. The van der Waals surface area contributed by atoms with Crippen LogP contribution in [0, 0.1) is 4.77 Å². The van der Waals surface area contributed by atoms with Gasteiger partial charge in [-0.3, -0.25) is 9.36 Å². The van der Waals surface area contributed by atoms with E-state index in [9.17, 15) is 4.79 Å². The maximum atomic E-state index is 14.5. The third-order valence-electron chi connectivity index (χ3n) is 7.37. The largest absolute Gasteiger partial charge is 0.495 e. The van der Waals surface area contributed by atoms with Gasteiger partial charge >= 0.3 is 0 Å². The summed E-state index contributed by atoms with van der Waals surface area (Å²) in [6, 6.07) is 36.4. The molecule has 7 rings (SSSR count). The molecule has 0 aliphatic carbocycles. The second-order valence-electron chi connectivity index (χ2n) is 9.79. The van der Waals surface area contributed by atoms with E-state index in [0.29, 0.717) is 45.2 Å². The number of aromatic nitrogens is 5. The highest BCUT2D eigenvalue weighted by Gasteiger charge is 2.23. The molecular weight excluding hydrogens is 558 g/mol. The number of hydrogen-bond acceptors (Lipinski definition) is 6. The van der Waals surface area contributed by atoms with Crippen LogP contribution in [-0.2, 0) is 0 Å². The number of nitrogens with zero attached hydrogens (tertiary/aromatic N) is 5. The monoisotopic (exact) mass is 583 g/mol. The Kier molecular flexibility index (Phi) is 6.56. The Morgan fingerprint density at radius 3 is 1.84 bits per heavy atom. The van der Waals surface area contributed by atoms with E-state index in [0.717, 1.165) is 16.6 Å². The van der Waals surface area contributed by atoms with E-state index < -0.39 is 0 Å². The standard InChI is InChI=1S/C34H25N5O3S/c1-41-28-19-11-9-17-26(28)37-31-25(33(40)38(34(37)43)27-18-10-12-20-29(27)42-2)21-24-30(22-13-5-3-6-14-22)36-39(32(24)35-31)23-15-7-4-8-16-23/h3-21H,1-2H3. The molecule has 0 aliphatic rings. The quantitative estimate of drug-likeness (QED) is 0.198. The first kappa shape index (κ1) is 26.4. The van der Waals surface area contributed by atoms with Gasteiger partial charge in [-0.25, -0.2) is 14.2 Å². The zero-order valence-electron chi connectivity index (χ0n) is 23.3. The second kappa shape index (κ2) is 10.7. The predicted molar refractivity (Wildman–Crippen MR) is 171 cm³/mol. The fourth-order valence-corrected chi connectivity index (χ4v) is 5.74. The summed E-state index contributed by atoms with van der Waals surface area (Å²) in [5.74, 6) is 1.09. The molecule has 0 atom stereocenters. The van der Waals surface area contributed by atoms with E-state index in [4.69, 9.17) is 31.8 Å². The van der Waals surface area contributed by atoms with E-state index >= 15 is 0 Å². The van der Waals surface area contributed by atoms with Crippen LogP contribution in [0.1, 0.15) is 0 Å². The normalized spacial score (nSPS) is 11.2. The lowest BCUT2D eigenvalue weighted by Gasteiger charge is -2.18. The van der Waals surface area contributed by atoms with Crippen LogP contribution in [0.3, 0.4) is 0 Å². The molecule has 0 fully saturated rings. The molecule has 0 saturated carbocycles. The number of hydrogen-bond donors (Lipinski definition) is 0. The van der Waals surface area contributed by atoms with E-state index in [2.05, 4.69) is 0 Å². The van der Waals surface area contributed by atoms with Crippen molar-refractivity contribution in [3.63, 3.8) is 0 Å². The molecule has 0 amide bonds. The summed E-state index contributed by atoms with van der Waals surface area (Å²) in [5.41, 5.74) is 4.27. The van der Waals surface area contributed by atoms with Gasteiger partial charge in [-0.05, 0) is 54.7 Å². The van der Waals surface area contributed by atoms with Gasteiger partial charge in [0.2, 0.25) is 0 Å². The summed E-state index contributed by atoms with van der Waals surface area (Å²) in [6.45, 7) is 0. The van der Waals surface area contributed by atoms with E-state index in [1.807, 2.05) is 109 Å². The first-order valence-corrected chi connectivity index (χ1v) is 14.0. The molecule has 7 aromatic rings. The lowest BCUT2D eigenvalue weighted by atomic mass is 10.1. The highest BCUT2D eigenvalue weighted by Crippen LogP contribution is 2.33. The smallest absolute Gasteiger partial charge is 0.268 e. The lowest BCUT2D eigenvalue weighted by Crippen LogP contribution is -2.25. The van der Waals surface area contributed by atoms with Crippen molar-refractivity contribution in [2.45, 2.75) is 0 Å². The number of benzene rings is 4. The molecule has 3 heterocycles. The molecule has 0 aliphatic heterocycles. The van der Waals surface area contributed by atoms with Crippen LogP contribution < -0.4 is 15.0 Å². The number of methoxy groups -OCH3 is 2. The van der Waals surface area contributed by atoms with E-state index in [1.165, 1.54) is 4.57 Å². The van der Waals surface area contributed by atoms with Crippen molar-refractivity contribution in [1.82, 2.24) is 23.9 Å². The van der Waals surface area contributed by atoms with Crippen molar-refractivity contribution in [2.24, 2.45) is 0 Å². The van der Waals surface area contributed by atoms with Gasteiger partial charge < -0.3 is 9.47 Å². The molecule has 9 heteroatoms. The zero-order chi connectivity index (χ0) is 29.5. The molecule has 0 radical (unpaired) electrons. The van der Waals surface area contributed by atoms with Crippen LogP contribution >= 0.6 is 12.2 Å². The van der Waals surface area contributed by atoms with Crippen molar-refractivity contribution < 1.29 is 9.47 Å². The minimum absolute atomic E-state index is 0.215. The third-order valence-corrected chi connectivity index (χ3v) is 7.73. The molecule has 0 saturated heterocycles. The molecule has 0 spiro atoms.